The molecule has 0 radical (unpaired) electrons. The molecular formula is C16H15NO3S. The zero-order valence-electron chi connectivity index (χ0n) is 11.7. The highest BCUT2D eigenvalue weighted by Crippen LogP contribution is 2.35. The molecule has 108 valence electrons. The van der Waals surface area contributed by atoms with Crippen molar-refractivity contribution in [1.29, 1.82) is 0 Å². The van der Waals surface area contributed by atoms with Crippen LogP contribution in [0.4, 0.5) is 0 Å². The van der Waals surface area contributed by atoms with E-state index in [0.29, 0.717) is 10.6 Å². The van der Waals surface area contributed by atoms with E-state index in [2.05, 4.69) is 4.98 Å². The van der Waals surface area contributed by atoms with Crippen molar-refractivity contribution in [2.24, 2.45) is 0 Å². The van der Waals surface area contributed by atoms with E-state index in [1.54, 1.807) is 0 Å². The van der Waals surface area contributed by atoms with Crippen LogP contribution in [-0.2, 0) is 4.79 Å². The molecule has 1 unspecified atom stereocenters. The Labute approximate surface area is 126 Å². The maximum atomic E-state index is 12.4. The fourth-order valence-corrected chi connectivity index (χ4v) is 3.50. The van der Waals surface area contributed by atoms with Gasteiger partial charge >= 0.3 is 5.97 Å². The summed E-state index contributed by atoms with van der Waals surface area (Å²) in [5.41, 5.74) is 1.43. The molecule has 0 saturated heterocycles. The number of aromatic nitrogens is 1. The number of nitrogens with zero attached hydrogens (tertiary/aromatic N) is 1. The fourth-order valence-electron chi connectivity index (χ4n) is 2.58. The topological polar surface area (TPSA) is 56.3 Å². The number of carbonyl (C=O) groups excluding carboxylic acids is 1. The van der Waals surface area contributed by atoms with Gasteiger partial charge < -0.3 is 4.74 Å². The number of hydrogen-bond donors (Lipinski definition) is 0. The van der Waals surface area contributed by atoms with Crippen molar-refractivity contribution in [3.63, 3.8) is 0 Å². The van der Waals surface area contributed by atoms with Crippen molar-refractivity contribution in [1.82, 2.24) is 4.98 Å². The van der Waals surface area contributed by atoms with Crippen LogP contribution in [0.15, 0.2) is 35.1 Å². The third-order valence-corrected chi connectivity index (χ3v) is 4.46. The van der Waals surface area contributed by atoms with E-state index in [9.17, 15) is 9.59 Å². The Bertz CT molecular complexity index is 724. The van der Waals surface area contributed by atoms with Crippen LogP contribution in [-0.4, -0.2) is 11.0 Å². The molecule has 2 heterocycles. The van der Waals surface area contributed by atoms with Crippen LogP contribution < -0.4 is 9.48 Å². The quantitative estimate of drug-likeness (QED) is 0.816. The summed E-state index contributed by atoms with van der Waals surface area (Å²) >= 11 is 1.12. The predicted molar refractivity (Wildman–Crippen MR) is 81.7 cm³/mol. The standard InChI is InChI=1S/C16H15NO3S/c1-2-6-11-9-12(18)20-14-13(11)16(19)21-15(17-14)10-7-4-3-5-8-10/h3-5,7-8,11H,2,6,9H2,1H3. The molecule has 1 atom stereocenters. The molecule has 5 heteroatoms. The second-order valence-electron chi connectivity index (χ2n) is 5.06. The SMILES string of the molecule is CCCC1CC(=O)Oc2nc(-c3ccccc3)sc(=O)c21. The average molecular weight is 301 g/mol. The van der Waals surface area contributed by atoms with E-state index < -0.39 is 0 Å². The molecule has 0 aliphatic carbocycles. The third-order valence-electron chi connectivity index (χ3n) is 3.53. The van der Waals surface area contributed by atoms with Crippen LogP contribution >= 0.6 is 11.3 Å². The number of fused-ring (bicyclic) bond motifs is 1. The summed E-state index contributed by atoms with van der Waals surface area (Å²) in [5.74, 6) is -0.164. The van der Waals surface area contributed by atoms with Crippen molar-refractivity contribution < 1.29 is 9.53 Å². The summed E-state index contributed by atoms with van der Waals surface area (Å²) in [6.45, 7) is 2.04. The van der Waals surface area contributed by atoms with Gasteiger partial charge in [-0.15, -0.1) is 0 Å². The van der Waals surface area contributed by atoms with Crippen LogP contribution in [0.2, 0.25) is 0 Å². The smallest absolute Gasteiger partial charge is 0.313 e. The van der Waals surface area contributed by atoms with Crippen molar-refractivity contribution in [2.45, 2.75) is 32.1 Å². The molecule has 3 rings (SSSR count). The molecule has 0 fully saturated rings. The van der Waals surface area contributed by atoms with E-state index in [1.165, 1.54) is 0 Å². The Morgan fingerprint density at radius 2 is 2.05 bits per heavy atom. The molecule has 0 N–H and O–H groups in total. The van der Waals surface area contributed by atoms with E-state index in [0.717, 1.165) is 29.7 Å². The Kier molecular flexibility index (Phi) is 3.84. The second kappa shape index (κ2) is 5.77. The van der Waals surface area contributed by atoms with E-state index in [-0.39, 0.29) is 28.9 Å². The number of rotatable bonds is 3. The third kappa shape index (κ3) is 2.74. The Morgan fingerprint density at radius 1 is 1.29 bits per heavy atom. The molecule has 0 saturated carbocycles. The number of carbonyl (C=O) groups is 1. The lowest BCUT2D eigenvalue weighted by Crippen LogP contribution is -2.26. The van der Waals surface area contributed by atoms with Crippen molar-refractivity contribution >= 4 is 17.3 Å². The minimum absolute atomic E-state index is 0.0511. The highest BCUT2D eigenvalue weighted by molar-refractivity contribution is 7.12. The number of benzene rings is 1. The monoisotopic (exact) mass is 301 g/mol. The summed E-state index contributed by atoms with van der Waals surface area (Å²) < 4.78 is 5.16. The zero-order valence-corrected chi connectivity index (χ0v) is 12.5. The maximum absolute atomic E-state index is 12.4. The Balaban J connectivity index is 2.11. The summed E-state index contributed by atoms with van der Waals surface area (Å²) in [7, 11) is 0. The maximum Gasteiger partial charge on any atom is 0.313 e. The molecular weight excluding hydrogens is 286 g/mol. The second-order valence-corrected chi connectivity index (χ2v) is 6.02. The highest BCUT2D eigenvalue weighted by atomic mass is 32.1. The summed E-state index contributed by atoms with van der Waals surface area (Å²) in [6.07, 6.45) is 1.99. The first kappa shape index (κ1) is 13.9. The van der Waals surface area contributed by atoms with Gasteiger partial charge in [0.25, 0.3) is 0 Å². The van der Waals surface area contributed by atoms with E-state index >= 15 is 0 Å². The lowest BCUT2D eigenvalue weighted by molar-refractivity contribution is -0.136. The van der Waals surface area contributed by atoms with Gasteiger partial charge in [0.1, 0.15) is 5.01 Å². The lowest BCUT2D eigenvalue weighted by Gasteiger charge is -2.22. The van der Waals surface area contributed by atoms with Gasteiger partial charge in [-0.05, 0) is 6.42 Å². The zero-order chi connectivity index (χ0) is 14.8. The predicted octanol–water partition coefficient (Wildman–Crippen LogP) is 3.36. The fraction of sp³-hybridized carbons (Fsp3) is 0.312. The first-order chi connectivity index (χ1) is 10.2. The molecule has 1 aliphatic rings. The van der Waals surface area contributed by atoms with Gasteiger partial charge in [0, 0.05) is 11.5 Å². The van der Waals surface area contributed by atoms with E-state index in [4.69, 9.17) is 4.74 Å². The van der Waals surface area contributed by atoms with E-state index in [1.807, 2.05) is 37.3 Å². The Hall–Kier alpha value is -2.01. The minimum atomic E-state index is -0.303. The first-order valence-electron chi connectivity index (χ1n) is 7.00. The lowest BCUT2D eigenvalue weighted by atomic mass is 9.92. The van der Waals surface area contributed by atoms with Gasteiger partial charge in [-0.2, -0.15) is 0 Å². The van der Waals surface area contributed by atoms with Crippen molar-refractivity contribution in [2.75, 3.05) is 0 Å². The van der Waals surface area contributed by atoms with Crippen LogP contribution in [0.25, 0.3) is 10.6 Å². The average Bonchev–Trinajstić information content (AvgIpc) is 2.47. The number of ether oxygens (including phenoxy) is 1. The van der Waals surface area contributed by atoms with Gasteiger partial charge in [0.2, 0.25) is 10.6 Å². The summed E-state index contributed by atoms with van der Waals surface area (Å²) in [6, 6.07) is 9.46. The van der Waals surface area contributed by atoms with Gasteiger partial charge in [-0.25, -0.2) is 4.98 Å². The molecule has 4 nitrogen and oxygen atoms in total. The molecule has 0 bridgehead atoms. The molecule has 1 aromatic heterocycles. The van der Waals surface area contributed by atoms with Crippen molar-refractivity contribution in [3.8, 4) is 16.5 Å². The summed E-state index contributed by atoms with van der Waals surface area (Å²) in [5, 5.41) is 0.587. The highest BCUT2D eigenvalue weighted by Gasteiger charge is 2.31. The molecule has 1 aliphatic heterocycles. The molecule has 0 spiro atoms. The van der Waals surface area contributed by atoms with Gasteiger partial charge in [-0.1, -0.05) is 55.0 Å². The van der Waals surface area contributed by atoms with Crippen LogP contribution in [0.5, 0.6) is 5.88 Å². The number of esters is 1. The Morgan fingerprint density at radius 3 is 2.76 bits per heavy atom. The van der Waals surface area contributed by atoms with Gasteiger partial charge in [0.05, 0.1) is 12.0 Å². The molecule has 1 aromatic carbocycles. The van der Waals surface area contributed by atoms with Crippen molar-refractivity contribution in [3.05, 3.63) is 45.4 Å². The van der Waals surface area contributed by atoms with Crippen LogP contribution in [0.3, 0.4) is 0 Å². The van der Waals surface area contributed by atoms with Gasteiger partial charge in [0.15, 0.2) is 0 Å². The van der Waals surface area contributed by atoms with Crippen LogP contribution in [0.1, 0.15) is 37.7 Å². The first-order valence-corrected chi connectivity index (χ1v) is 7.81. The van der Waals surface area contributed by atoms with Gasteiger partial charge in [-0.3, -0.25) is 9.59 Å². The molecule has 0 amide bonds. The minimum Gasteiger partial charge on any atom is -0.407 e. The largest absolute Gasteiger partial charge is 0.407 e. The summed E-state index contributed by atoms with van der Waals surface area (Å²) in [4.78, 5) is 28.5. The van der Waals surface area contributed by atoms with Crippen LogP contribution in [0, 0.1) is 0 Å². The molecule has 21 heavy (non-hydrogen) atoms. The number of hydrogen-bond acceptors (Lipinski definition) is 5. The molecule has 2 aromatic rings. The normalized spacial score (nSPS) is 17.2.